The fourth-order valence-corrected chi connectivity index (χ4v) is 3.63. The first kappa shape index (κ1) is 21.2. The molecule has 0 saturated heterocycles. The van der Waals surface area contributed by atoms with Gasteiger partial charge in [-0.1, -0.05) is 16.8 Å². The molecule has 0 saturated carbocycles. The Morgan fingerprint density at radius 2 is 2.10 bits per heavy atom. The number of carbonyl (C=O) groups excluding carboxylic acids is 1. The van der Waals surface area contributed by atoms with Crippen LogP contribution in [0.15, 0.2) is 35.2 Å². The normalized spacial score (nSPS) is 19.5. The van der Waals surface area contributed by atoms with Gasteiger partial charge in [-0.15, -0.1) is 0 Å². The Labute approximate surface area is 179 Å². The highest BCUT2D eigenvalue weighted by Gasteiger charge is 2.46. The average Bonchev–Trinajstić information content (AvgIpc) is 3.39. The standard InChI is InChI=1S/C20H17ClF2N4O4/c1-19(18(25)28)8-30-17-11(19)3-15(20(29,7-24)9-5-26-31-6-9)27-16(17)10-2-12(21)14(23)4-13(10)22/h2-6,29H,7-8,24H2,1H3,(H2,25,28)/t19-,20+/m0/s1. The van der Waals surface area contributed by atoms with E-state index in [1.54, 1.807) is 6.92 Å². The van der Waals surface area contributed by atoms with Gasteiger partial charge in [0.05, 0.1) is 22.5 Å². The zero-order valence-electron chi connectivity index (χ0n) is 16.2. The molecule has 8 nitrogen and oxygen atoms in total. The molecule has 11 heteroatoms. The Kier molecular flexibility index (Phi) is 4.95. The third kappa shape index (κ3) is 3.14. The summed E-state index contributed by atoms with van der Waals surface area (Å²) in [6.45, 7) is 1.06. The van der Waals surface area contributed by atoms with Crippen molar-refractivity contribution in [2.24, 2.45) is 11.5 Å². The minimum Gasteiger partial charge on any atom is -0.489 e. The summed E-state index contributed by atoms with van der Waals surface area (Å²) in [5.74, 6) is -2.56. The van der Waals surface area contributed by atoms with Gasteiger partial charge < -0.3 is 25.8 Å². The van der Waals surface area contributed by atoms with Gasteiger partial charge in [0.2, 0.25) is 5.91 Å². The maximum Gasteiger partial charge on any atom is 0.231 e. The Bertz CT molecular complexity index is 1190. The molecule has 1 aromatic carbocycles. The second-order valence-corrected chi connectivity index (χ2v) is 7.85. The van der Waals surface area contributed by atoms with E-state index >= 15 is 0 Å². The molecule has 4 rings (SSSR count). The summed E-state index contributed by atoms with van der Waals surface area (Å²) in [6, 6.07) is 3.07. The van der Waals surface area contributed by atoms with Crippen LogP contribution in [0.25, 0.3) is 11.3 Å². The van der Waals surface area contributed by atoms with Crippen LogP contribution in [0.5, 0.6) is 5.75 Å². The number of carbonyl (C=O) groups is 1. The van der Waals surface area contributed by atoms with Gasteiger partial charge in [0.15, 0.2) is 0 Å². The summed E-state index contributed by atoms with van der Waals surface area (Å²) in [7, 11) is 0. The van der Waals surface area contributed by atoms with Crippen LogP contribution in [-0.2, 0) is 15.8 Å². The summed E-state index contributed by atoms with van der Waals surface area (Å²) < 4.78 is 38.9. The number of hydrogen-bond donors (Lipinski definition) is 3. The Balaban J connectivity index is 2.05. The van der Waals surface area contributed by atoms with Gasteiger partial charge >= 0.3 is 0 Å². The lowest BCUT2D eigenvalue weighted by Crippen LogP contribution is -2.41. The Morgan fingerprint density at radius 1 is 1.35 bits per heavy atom. The van der Waals surface area contributed by atoms with Crippen molar-refractivity contribution in [3.8, 4) is 17.0 Å². The van der Waals surface area contributed by atoms with Gasteiger partial charge in [-0.05, 0) is 19.1 Å². The van der Waals surface area contributed by atoms with Gasteiger partial charge in [-0.3, -0.25) is 4.79 Å². The molecule has 1 amide bonds. The molecule has 0 spiro atoms. The first-order chi connectivity index (χ1) is 14.6. The van der Waals surface area contributed by atoms with Crippen LogP contribution in [0.2, 0.25) is 5.02 Å². The van der Waals surface area contributed by atoms with Crippen LogP contribution < -0.4 is 16.2 Å². The van der Waals surface area contributed by atoms with Gasteiger partial charge in [0, 0.05) is 23.7 Å². The number of aromatic nitrogens is 2. The van der Waals surface area contributed by atoms with Crippen LogP contribution in [-0.4, -0.2) is 34.3 Å². The number of pyridine rings is 1. The first-order valence-corrected chi connectivity index (χ1v) is 9.45. The molecular weight excluding hydrogens is 434 g/mol. The highest BCUT2D eigenvalue weighted by molar-refractivity contribution is 6.31. The Hall–Kier alpha value is -3.08. The summed E-state index contributed by atoms with van der Waals surface area (Å²) in [5, 5.41) is 14.5. The summed E-state index contributed by atoms with van der Waals surface area (Å²) >= 11 is 5.86. The zero-order chi connectivity index (χ0) is 22.6. The van der Waals surface area contributed by atoms with Crippen molar-refractivity contribution in [3.63, 3.8) is 0 Å². The van der Waals surface area contributed by atoms with Crippen molar-refractivity contribution < 1.29 is 27.9 Å². The molecule has 3 aromatic rings. The molecule has 1 aliphatic rings. The smallest absolute Gasteiger partial charge is 0.231 e. The maximum absolute atomic E-state index is 14.7. The lowest BCUT2D eigenvalue weighted by atomic mass is 9.81. The second-order valence-electron chi connectivity index (χ2n) is 7.44. The van der Waals surface area contributed by atoms with Gasteiger partial charge in [0.1, 0.15) is 47.0 Å². The largest absolute Gasteiger partial charge is 0.489 e. The average molecular weight is 451 g/mol. The van der Waals surface area contributed by atoms with Gasteiger partial charge in [-0.25, -0.2) is 13.8 Å². The third-order valence-electron chi connectivity index (χ3n) is 5.51. The lowest BCUT2D eigenvalue weighted by Gasteiger charge is -2.27. The van der Waals surface area contributed by atoms with Crippen molar-refractivity contribution in [2.45, 2.75) is 17.9 Å². The topological polar surface area (TPSA) is 137 Å². The number of fused-ring (bicyclic) bond motifs is 1. The van der Waals surface area contributed by atoms with E-state index in [1.165, 1.54) is 18.5 Å². The molecule has 1 aliphatic heterocycles. The predicted molar refractivity (Wildman–Crippen MR) is 105 cm³/mol. The number of primary amides is 1. The quantitative estimate of drug-likeness (QED) is 0.505. The molecule has 0 bridgehead atoms. The third-order valence-corrected chi connectivity index (χ3v) is 5.80. The minimum absolute atomic E-state index is 0.0372. The number of ether oxygens (including phenoxy) is 1. The number of nitrogens with two attached hydrogens (primary N) is 2. The number of hydrogen-bond acceptors (Lipinski definition) is 7. The van der Waals surface area contributed by atoms with Crippen LogP contribution in [0.1, 0.15) is 23.7 Å². The van der Waals surface area contributed by atoms with Crippen molar-refractivity contribution >= 4 is 17.5 Å². The molecule has 0 fully saturated rings. The van der Waals surface area contributed by atoms with Crippen LogP contribution >= 0.6 is 11.6 Å². The maximum atomic E-state index is 14.7. The number of benzene rings is 1. The van der Waals surface area contributed by atoms with E-state index in [4.69, 9.17) is 32.3 Å². The van der Waals surface area contributed by atoms with Crippen LogP contribution in [0.3, 0.4) is 0 Å². The lowest BCUT2D eigenvalue weighted by molar-refractivity contribution is -0.123. The van der Waals surface area contributed by atoms with Gasteiger partial charge in [0.25, 0.3) is 0 Å². The molecule has 2 atom stereocenters. The number of aliphatic hydroxyl groups is 1. The molecule has 162 valence electrons. The van der Waals surface area contributed by atoms with Crippen molar-refractivity contribution in [2.75, 3.05) is 13.2 Å². The molecule has 2 aromatic heterocycles. The van der Waals surface area contributed by atoms with E-state index in [9.17, 15) is 18.7 Å². The van der Waals surface area contributed by atoms with Crippen LogP contribution in [0.4, 0.5) is 8.78 Å². The number of halogens is 3. The van der Waals surface area contributed by atoms with Crippen molar-refractivity contribution in [1.82, 2.24) is 10.1 Å². The van der Waals surface area contributed by atoms with Gasteiger partial charge in [-0.2, -0.15) is 0 Å². The van der Waals surface area contributed by atoms with E-state index < -0.39 is 28.6 Å². The molecule has 0 radical (unpaired) electrons. The molecule has 0 aliphatic carbocycles. The zero-order valence-corrected chi connectivity index (χ0v) is 16.9. The summed E-state index contributed by atoms with van der Waals surface area (Å²) in [5.41, 5.74) is 8.37. The molecule has 31 heavy (non-hydrogen) atoms. The molecular formula is C20H17ClF2N4O4. The summed E-state index contributed by atoms with van der Waals surface area (Å²) in [6.07, 6.45) is 2.43. The Morgan fingerprint density at radius 3 is 2.71 bits per heavy atom. The highest BCUT2D eigenvalue weighted by atomic mass is 35.5. The minimum atomic E-state index is -1.90. The van der Waals surface area contributed by atoms with E-state index in [1.807, 2.05) is 0 Å². The number of rotatable bonds is 5. The fourth-order valence-electron chi connectivity index (χ4n) is 3.47. The van der Waals surface area contributed by atoms with Crippen LogP contribution in [0, 0.1) is 11.6 Å². The highest BCUT2D eigenvalue weighted by Crippen LogP contribution is 2.47. The van der Waals surface area contributed by atoms with Crippen molar-refractivity contribution in [3.05, 3.63) is 64.1 Å². The molecule has 5 N–H and O–H groups in total. The number of amides is 1. The SMILES string of the molecule is C[C@]1(C(N)=O)COc2c1cc([C@@](O)(CN)c1cnoc1)nc2-c1cc(Cl)c(F)cc1F. The molecule has 3 heterocycles. The first-order valence-electron chi connectivity index (χ1n) is 9.07. The number of nitrogens with zero attached hydrogens (tertiary/aromatic N) is 2. The van der Waals surface area contributed by atoms with E-state index in [0.717, 1.165) is 6.07 Å². The van der Waals surface area contributed by atoms with E-state index in [0.29, 0.717) is 6.07 Å². The predicted octanol–water partition coefficient (Wildman–Crippen LogP) is 2.00. The van der Waals surface area contributed by atoms with Crippen molar-refractivity contribution in [1.29, 1.82) is 0 Å². The fraction of sp³-hybridized carbons (Fsp3) is 0.250. The monoisotopic (exact) mass is 450 g/mol. The van der Waals surface area contributed by atoms with E-state index in [-0.39, 0.29) is 52.0 Å². The molecule has 0 unspecified atom stereocenters. The summed E-state index contributed by atoms with van der Waals surface area (Å²) in [4.78, 5) is 16.6. The van der Waals surface area contributed by atoms with E-state index in [2.05, 4.69) is 10.1 Å². The second kappa shape index (κ2) is 7.26.